The maximum Gasteiger partial charge on any atom is 0.227 e. The van der Waals surface area contributed by atoms with Crippen LogP contribution in [0.1, 0.15) is 48.4 Å². The van der Waals surface area contributed by atoms with Gasteiger partial charge in [-0.3, -0.25) is 0 Å². The maximum absolute atomic E-state index is 5.98. The van der Waals surface area contributed by atoms with E-state index in [1.54, 1.807) is 0 Å². The molecule has 2 fully saturated rings. The molecular formula is C20H27N5. The fourth-order valence-electron chi connectivity index (χ4n) is 3.73. The van der Waals surface area contributed by atoms with Crippen molar-refractivity contribution in [2.75, 3.05) is 23.3 Å². The van der Waals surface area contributed by atoms with Gasteiger partial charge in [-0.05, 0) is 38.2 Å². The number of nitrogens with two attached hydrogens (primary N) is 1. The van der Waals surface area contributed by atoms with Gasteiger partial charge in [0, 0.05) is 37.7 Å². The van der Waals surface area contributed by atoms with Crippen molar-refractivity contribution in [2.45, 2.75) is 51.1 Å². The first-order valence-electron chi connectivity index (χ1n) is 9.36. The molecule has 1 saturated carbocycles. The lowest BCUT2D eigenvalue weighted by atomic mass is 9.78. The van der Waals surface area contributed by atoms with Crippen LogP contribution < -0.4 is 16.0 Å². The van der Waals surface area contributed by atoms with E-state index in [9.17, 15) is 0 Å². The second kappa shape index (κ2) is 7.00. The minimum Gasteiger partial charge on any atom is -0.366 e. The number of aryl methyl sites for hydroxylation is 1. The van der Waals surface area contributed by atoms with Gasteiger partial charge in [0.15, 0.2) is 0 Å². The summed E-state index contributed by atoms with van der Waals surface area (Å²) in [5, 5.41) is 3.50. The lowest BCUT2D eigenvalue weighted by Gasteiger charge is -2.32. The van der Waals surface area contributed by atoms with Gasteiger partial charge >= 0.3 is 0 Å². The SMILES string of the molecule is Cc1cccc(CNc2cc(C3CC(N)C3)nc(N3CCCC3)n2)c1. The van der Waals surface area contributed by atoms with Gasteiger partial charge in [-0.2, -0.15) is 4.98 Å². The molecule has 1 aliphatic carbocycles. The van der Waals surface area contributed by atoms with E-state index in [4.69, 9.17) is 15.7 Å². The van der Waals surface area contributed by atoms with Gasteiger partial charge in [0.2, 0.25) is 5.95 Å². The third-order valence-electron chi connectivity index (χ3n) is 5.27. The first-order valence-corrected chi connectivity index (χ1v) is 9.36. The summed E-state index contributed by atoms with van der Waals surface area (Å²) in [6, 6.07) is 11.0. The Bertz CT molecular complexity index is 733. The van der Waals surface area contributed by atoms with E-state index in [1.165, 1.54) is 24.0 Å². The van der Waals surface area contributed by atoms with Crippen LogP contribution in [0.5, 0.6) is 0 Å². The molecule has 1 aliphatic heterocycles. The minimum atomic E-state index is 0.332. The number of nitrogens with one attached hydrogen (secondary N) is 1. The van der Waals surface area contributed by atoms with Crippen molar-refractivity contribution in [1.82, 2.24) is 9.97 Å². The lowest BCUT2D eigenvalue weighted by molar-refractivity contribution is 0.345. The van der Waals surface area contributed by atoms with E-state index in [0.29, 0.717) is 12.0 Å². The summed E-state index contributed by atoms with van der Waals surface area (Å²) in [5.41, 5.74) is 9.68. The van der Waals surface area contributed by atoms with Crippen LogP contribution in [0.25, 0.3) is 0 Å². The molecule has 0 amide bonds. The van der Waals surface area contributed by atoms with Crippen LogP contribution in [0.2, 0.25) is 0 Å². The summed E-state index contributed by atoms with van der Waals surface area (Å²) < 4.78 is 0. The van der Waals surface area contributed by atoms with Crippen LogP contribution >= 0.6 is 0 Å². The molecule has 132 valence electrons. The standard InChI is InChI=1S/C20H27N5/c1-14-5-4-6-15(9-14)13-22-19-12-18(16-10-17(21)11-16)23-20(24-19)25-7-2-3-8-25/h4-6,9,12,16-17H,2-3,7-8,10-11,13,21H2,1H3,(H,22,23,24). The van der Waals surface area contributed by atoms with Crippen molar-refractivity contribution in [3.8, 4) is 0 Å². The number of hydrogen-bond donors (Lipinski definition) is 2. The average molecular weight is 337 g/mol. The normalized spacial score (nSPS) is 22.7. The highest BCUT2D eigenvalue weighted by Crippen LogP contribution is 2.36. The first kappa shape index (κ1) is 16.3. The Morgan fingerprint density at radius 2 is 1.96 bits per heavy atom. The van der Waals surface area contributed by atoms with Gasteiger partial charge in [-0.1, -0.05) is 29.8 Å². The second-order valence-corrected chi connectivity index (χ2v) is 7.44. The van der Waals surface area contributed by atoms with Gasteiger partial charge in [0.1, 0.15) is 5.82 Å². The van der Waals surface area contributed by atoms with Crippen LogP contribution in [0.3, 0.4) is 0 Å². The Balaban J connectivity index is 1.54. The quantitative estimate of drug-likeness (QED) is 0.877. The topological polar surface area (TPSA) is 67.1 Å². The zero-order valence-corrected chi connectivity index (χ0v) is 14.9. The molecule has 1 aromatic carbocycles. The van der Waals surface area contributed by atoms with Crippen molar-refractivity contribution in [1.29, 1.82) is 0 Å². The zero-order valence-electron chi connectivity index (χ0n) is 14.9. The molecule has 0 spiro atoms. The minimum absolute atomic E-state index is 0.332. The third kappa shape index (κ3) is 3.76. The van der Waals surface area contributed by atoms with Gasteiger partial charge in [-0.15, -0.1) is 0 Å². The molecule has 4 rings (SSSR count). The highest BCUT2D eigenvalue weighted by Gasteiger charge is 2.30. The monoisotopic (exact) mass is 337 g/mol. The maximum atomic E-state index is 5.98. The largest absolute Gasteiger partial charge is 0.366 e. The molecule has 3 N–H and O–H groups in total. The number of hydrogen-bond acceptors (Lipinski definition) is 5. The number of rotatable bonds is 5. The predicted octanol–water partition coefficient (Wildman–Crippen LogP) is 3.20. The first-order chi connectivity index (χ1) is 12.2. The number of anilines is 2. The lowest BCUT2D eigenvalue weighted by Crippen LogP contribution is -2.35. The Morgan fingerprint density at radius 1 is 1.16 bits per heavy atom. The number of benzene rings is 1. The van der Waals surface area contributed by atoms with E-state index >= 15 is 0 Å². The summed E-state index contributed by atoms with van der Waals surface area (Å²) >= 11 is 0. The van der Waals surface area contributed by atoms with Crippen molar-refractivity contribution in [3.05, 3.63) is 47.2 Å². The Kier molecular flexibility index (Phi) is 4.57. The molecule has 25 heavy (non-hydrogen) atoms. The van der Waals surface area contributed by atoms with E-state index in [-0.39, 0.29) is 0 Å². The molecule has 0 bridgehead atoms. The molecule has 2 aliphatic rings. The fourth-order valence-corrected chi connectivity index (χ4v) is 3.73. The van der Waals surface area contributed by atoms with E-state index < -0.39 is 0 Å². The molecule has 1 saturated heterocycles. The van der Waals surface area contributed by atoms with E-state index in [1.807, 2.05) is 0 Å². The van der Waals surface area contributed by atoms with Gasteiger partial charge < -0.3 is 16.0 Å². The summed E-state index contributed by atoms with van der Waals surface area (Å²) in [4.78, 5) is 12.0. The molecule has 0 radical (unpaired) electrons. The van der Waals surface area contributed by atoms with E-state index in [0.717, 1.165) is 49.9 Å². The van der Waals surface area contributed by atoms with Crippen molar-refractivity contribution in [3.63, 3.8) is 0 Å². The number of nitrogens with zero attached hydrogens (tertiary/aromatic N) is 3. The Morgan fingerprint density at radius 3 is 2.68 bits per heavy atom. The predicted molar refractivity (Wildman–Crippen MR) is 102 cm³/mol. The third-order valence-corrected chi connectivity index (χ3v) is 5.27. The van der Waals surface area contributed by atoms with Crippen molar-refractivity contribution in [2.24, 2.45) is 5.73 Å². The van der Waals surface area contributed by atoms with Crippen LogP contribution in [-0.2, 0) is 6.54 Å². The van der Waals surface area contributed by atoms with Crippen LogP contribution in [-0.4, -0.2) is 29.1 Å². The molecule has 2 aromatic rings. The summed E-state index contributed by atoms with van der Waals surface area (Å²) in [5.74, 6) is 2.29. The summed E-state index contributed by atoms with van der Waals surface area (Å²) in [6.45, 7) is 5.02. The molecular weight excluding hydrogens is 310 g/mol. The van der Waals surface area contributed by atoms with Gasteiger partial charge in [-0.25, -0.2) is 4.98 Å². The molecule has 5 heteroatoms. The molecule has 1 aromatic heterocycles. The smallest absolute Gasteiger partial charge is 0.227 e. The Hall–Kier alpha value is -2.14. The van der Waals surface area contributed by atoms with Gasteiger partial charge in [0.05, 0.1) is 5.69 Å². The van der Waals surface area contributed by atoms with Crippen LogP contribution in [0.15, 0.2) is 30.3 Å². The zero-order chi connectivity index (χ0) is 17.2. The van der Waals surface area contributed by atoms with Crippen LogP contribution in [0, 0.1) is 6.92 Å². The number of aromatic nitrogens is 2. The highest BCUT2D eigenvalue weighted by molar-refractivity contribution is 5.46. The fraction of sp³-hybridized carbons (Fsp3) is 0.500. The van der Waals surface area contributed by atoms with E-state index in [2.05, 4.69) is 47.5 Å². The summed E-state index contributed by atoms with van der Waals surface area (Å²) in [7, 11) is 0. The molecule has 2 heterocycles. The van der Waals surface area contributed by atoms with Crippen LogP contribution in [0.4, 0.5) is 11.8 Å². The summed E-state index contributed by atoms with van der Waals surface area (Å²) in [6.07, 6.45) is 4.53. The van der Waals surface area contributed by atoms with Gasteiger partial charge in [0.25, 0.3) is 0 Å². The molecule has 5 nitrogen and oxygen atoms in total. The van der Waals surface area contributed by atoms with Crippen molar-refractivity contribution >= 4 is 11.8 Å². The van der Waals surface area contributed by atoms with Crippen molar-refractivity contribution < 1.29 is 0 Å². The highest BCUT2D eigenvalue weighted by atomic mass is 15.3. The Labute approximate surface area is 149 Å². The molecule has 0 unspecified atom stereocenters. The second-order valence-electron chi connectivity index (χ2n) is 7.44. The average Bonchev–Trinajstić information content (AvgIpc) is 3.12. The molecule has 0 atom stereocenters.